The fourth-order valence-electron chi connectivity index (χ4n) is 2.15. The maximum absolute atomic E-state index is 5.99. The normalized spacial score (nSPS) is 17.2. The molecule has 0 spiro atoms. The molecule has 120 valence electrons. The summed E-state index contributed by atoms with van der Waals surface area (Å²) in [6, 6.07) is 5.59. The molecule has 2 rings (SSSR count). The average molecular weight is 344 g/mol. The average Bonchev–Trinajstić information content (AvgIpc) is 2.40. The van der Waals surface area contributed by atoms with Crippen molar-refractivity contribution in [2.45, 2.75) is 32.4 Å². The molecule has 0 unspecified atom stereocenters. The molecule has 8 heteroatoms. The predicted octanol–water partition coefficient (Wildman–Crippen LogP) is 2.54. The summed E-state index contributed by atoms with van der Waals surface area (Å²) in [5.41, 5.74) is 11.8. The highest BCUT2D eigenvalue weighted by atomic mass is 35.5. The smallest absolute Gasteiger partial charge is 0.226 e. The summed E-state index contributed by atoms with van der Waals surface area (Å²) in [5.74, 6) is 0.352. The van der Waals surface area contributed by atoms with Crippen LogP contribution in [0.1, 0.15) is 25.8 Å². The van der Waals surface area contributed by atoms with Gasteiger partial charge < -0.3 is 11.5 Å². The molecule has 0 radical (unpaired) electrons. The fourth-order valence-corrected chi connectivity index (χ4v) is 2.47. The van der Waals surface area contributed by atoms with Crippen molar-refractivity contribution < 1.29 is 4.84 Å². The molecule has 0 aliphatic carbocycles. The third-order valence-corrected chi connectivity index (χ3v) is 3.88. The molecule has 0 bridgehead atoms. The number of aryl methyl sites for hydroxylation is 1. The quantitative estimate of drug-likeness (QED) is 0.804. The summed E-state index contributed by atoms with van der Waals surface area (Å²) in [7, 11) is 0. The van der Waals surface area contributed by atoms with Crippen LogP contribution in [0.4, 0.5) is 0 Å². The molecule has 1 heterocycles. The van der Waals surface area contributed by atoms with Gasteiger partial charge in [-0.3, -0.25) is 4.84 Å². The number of halogens is 2. The van der Waals surface area contributed by atoms with Crippen molar-refractivity contribution in [2.24, 2.45) is 21.5 Å². The van der Waals surface area contributed by atoms with Crippen LogP contribution in [-0.2, 0) is 11.3 Å². The standard InChI is InChI=1S/C14H19Cl2N5O/c1-14(2)20-12(17)19-13(18)21(14)22-7-3-4-9-5-6-10(15)11(16)8-9/h5-6,8H,3-4,7H2,1-2H3,(H4,17,18,19,20). The van der Waals surface area contributed by atoms with Crippen LogP contribution >= 0.6 is 23.2 Å². The lowest BCUT2D eigenvalue weighted by molar-refractivity contribution is -0.157. The Morgan fingerprint density at radius 3 is 2.59 bits per heavy atom. The van der Waals surface area contributed by atoms with Crippen LogP contribution < -0.4 is 11.5 Å². The molecular weight excluding hydrogens is 325 g/mol. The second kappa shape index (κ2) is 6.73. The first-order valence-corrected chi connectivity index (χ1v) is 7.62. The van der Waals surface area contributed by atoms with E-state index >= 15 is 0 Å². The van der Waals surface area contributed by atoms with Gasteiger partial charge in [0.15, 0.2) is 5.66 Å². The van der Waals surface area contributed by atoms with Gasteiger partial charge in [0.05, 0.1) is 16.7 Å². The Morgan fingerprint density at radius 1 is 1.23 bits per heavy atom. The Hall–Kier alpha value is -1.50. The molecule has 0 saturated heterocycles. The van der Waals surface area contributed by atoms with Crippen molar-refractivity contribution in [3.8, 4) is 0 Å². The van der Waals surface area contributed by atoms with Gasteiger partial charge in [-0.15, -0.1) is 0 Å². The lowest BCUT2D eigenvalue weighted by Gasteiger charge is -2.36. The molecule has 0 saturated carbocycles. The molecule has 1 aromatic carbocycles. The van der Waals surface area contributed by atoms with Gasteiger partial charge in [-0.2, -0.15) is 10.1 Å². The third-order valence-electron chi connectivity index (χ3n) is 3.14. The molecular formula is C14H19Cl2N5O. The number of nitrogens with zero attached hydrogens (tertiary/aromatic N) is 3. The highest BCUT2D eigenvalue weighted by Crippen LogP contribution is 2.23. The van der Waals surface area contributed by atoms with E-state index in [1.807, 2.05) is 26.0 Å². The van der Waals surface area contributed by atoms with Crippen LogP contribution in [0.15, 0.2) is 28.2 Å². The van der Waals surface area contributed by atoms with Crippen LogP contribution in [0, 0.1) is 0 Å². The summed E-state index contributed by atoms with van der Waals surface area (Å²) in [6.07, 6.45) is 1.60. The lowest BCUT2D eigenvalue weighted by atomic mass is 10.1. The van der Waals surface area contributed by atoms with E-state index in [4.69, 9.17) is 39.5 Å². The molecule has 1 aromatic rings. The van der Waals surface area contributed by atoms with E-state index in [-0.39, 0.29) is 11.9 Å². The molecule has 0 fully saturated rings. The SMILES string of the molecule is CC1(C)N=C(N)N=C(N)N1OCCCc1ccc(Cl)c(Cl)c1. The number of hydroxylamine groups is 2. The van der Waals surface area contributed by atoms with E-state index in [9.17, 15) is 0 Å². The molecule has 1 aliphatic heterocycles. The van der Waals surface area contributed by atoms with E-state index in [2.05, 4.69) is 9.98 Å². The van der Waals surface area contributed by atoms with E-state index in [1.54, 1.807) is 6.07 Å². The van der Waals surface area contributed by atoms with Gasteiger partial charge in [-0.25, -0.2) is 4.99 Å². The number of hydrogen-bond donors (Lipinski definition) is 2. The Morgan fingerprint density at radius 2 is 1.95 bits per heavy atom. The van der Waals surface area contributed by atoms with Crippen molar-refractivity contribution in [3.05, 3.63) is 33.8 Å². The van der Waals surface area contributed by atoms with Crippen LogP contribution in [0.3, 0.4) is 0 Å². The number of guanidine groups is 2. The van der Waals surface area contributed by atoms with E-state index in [0.717, 1.165) is 18.4 Å². The number of hydrogen-bond acceptors (Lipinski definition) is 6. The Balaban J connectivity index is 1.86. The van der Waals surface area contributed by atoms with Crippen LogP contribution in [0.25, 0.3) is 0 Å². The maximum Gasteiger partial charge on any atom is 0.226 e. The van der Waals surface area contributed by atoms with Gasteiger partial charge in [-0.05, 0) is 44.4 Å². The molecule has 0 amide bonds. The zero-order chi connectivity index (χ0) is 16.3. The molecule has 1 aliphatic rings. The van der Waals surface area contributed by atoms with Gasteiger partial charge in [0.25, 0.3) is 0 Å². The van der Waals surface area contributed by atoms with Crippen molar-refractivity contribution in [1.82, 2.24) is 5.06 Å². The van der Waals surface area contributed by atoms with Gasteiger partial charge in [-0.1, -0.05) is 29.3 Å². The summed E-state index contributed by atoms with van der Waals surface area (Å²) in [4.78, 5) is 13.8. The predicted molar refractivity (Wildman–Crippen MR) is 89.9 cm³/mol. The Bertz CT molecular complexity index is 615. The second-order valence-electron chi connectivity index (χ2n) is 5.41. The monoisotopic (exact) mass is 343 g/mol. The highest BCUT2D eigenvalue weighted by Gasteiger charge is 2.32. The van der Waals surface area contributed by atoms with Crippen molar-refractivity contribution in [3.63, 3.8) is 0 Å². The molecule has 4 N–H and O–H groups in total. The first-order chi connectivity index (χ1) is 10.3. The summed E-state index contributed by atoms with van der Waals surface area (Å²) in [5, 5.41) is 2.58. The minimum absolute atomic E-state index is 0.151. The van der Waals surface area contributed by atoms with Gasteiger partial charge >= 0.3 is 0 Å². The molecule has 6 nitrogen and oxygen atoms in total. The zero-order valence-corrected chi connectivity index (χ0v) is 14.0. The minimum Gasteiger partial charge on any atom is -0.368 e. The maximum atomic E-state index is 5.99. The number of rotatable bonds is 5. The highest BCUT2D eigenvalue weighted by molar-refractivity contribution is 6.42. The third kappa shape index (κ3) is 4.03. The largest absolute Gasteiger partial charge is 0.368 e. The minimum atomic E-state index is -0.681. The zero-order valence-electron chi connectivity index (χ0n) is 12.5. The van der Waals surface area contributed by atoms with Gasteiger partial charge in [0, 0.05) is 0 Å². The van der Waals surface area contributed by atoms with Crippen LogP contribution in [0.5, 0.6) is 0 Å². The molecule has 22 heavy (non-hydrogen) atoms. The topological polar surface area (TPSA) is 89.2 Å². The first kappa shape index (κ1) is 16.9. The fraction of sp³-hybridized carbons (Fsp3) is 0.429. The van der Waals surface area contributed by atoms with Crippen LogP contribution in [-0.4, -0.2) is 29.3 Å². The Kier molecular flexibility index (Phi) is 5.16. The summed E-state index contributed by atoms with van der Waals surface area (Å²) >= 11 is 11.9. The van der Waals surface area contributed by atoms with Crippen molar-refractivity contribution >= 4 is 35.1 Å². The van der Waals surface area contributed by atoms with Crippen molar-refractivity contribution in [2.75, 3.05) is 6.61 Å². The summed E-state index contributed by atoms with van der Waals surface area (Å²) in [6.45, 7) is 4.16. The van der Waals surface area contributed by atoms with E-state index in [0.29, 0.717) is 16.7 Å². The number of nitrogens with two attached hydrogens (primary N) is 2. The van der Waals surface area contributed by atoms with Crippen LogP contribution in [0.2, 0.25) is 10.0 Å². The molecule has 0 aromatic heterocycles. The van der Waals surface area contributed by atoms with E-state index < -0.39 is 5.66 Å². The van der Waals surface area contributed by atoms with Crippen molar-refractivity contribution in [1.29, 1.82) is 0 Å². The second-order valence-corrected chi connectivity index (χ2v) is 6.23. The van der Waals surface area contributed by atoms with E-state index in [1.165, 1.54) is 5.06 Å². The summed E-state index contributed by atoms with van der Waals surface area (Å²) < 4.78 is 0. The van der Waals surface area contributed by atoms with Gasteiger partial charge in [0.2, 0.25) is 11.9 Å². The lowest BCUT2D eigenvalue weighted by Crippen LogP contribution is -2.53. The number of aliphatic imine (C=N–C) groups is 2. The number of benzene rings is 1. The Labute approximate surface area is 139 Å². The first-order valence-electron chi connectivity index (χ1n) is 6.86. The molecule has 0 atom stereocenters. The van der Waals surface area contributed by atoms with Gasteiger partial charge in [0.1, 0.15) is 0 Å².